The molecule has 12 nitrogen and oxygen atoms in total. The fourth-order valence-electron chi connectivity index (χ4n) is 3.82. The van der Waals surface area contributed by atoms with Crippen molar-refractivity contribution in [1.29, 1.82) is 5.41 Å². The van der Waals surface area contributed by atoms with Gasteiger partial charge in [-0.25, -0.2) is 0 Å². The summed E-state index contributed by atoms with van der Waals surface area (Å²) < 4.78 is 0. The highest BCUT2D eigenvalue weighted by Gasteiger charge is 2.39. The molecule has 1 saturated heterocycles. The van der Waals surface area contributed by atoms with Crippen molar-refractivity contribution in [2.75, 3.05) is 26.2 Å². The molecule has 1 aliphatic rings. The van der Waals surface area contributed by atoms with Crippen LogP contribution < -0.4 is 16.4 Å². The molecular formula is C25H28N6O6. The minimum absolute atomic E-state index is 0.0261. The number of carboxylic acids is 1. The fraction of sp³-hybridized carbons (Fsp3) is 0.280. The zero-order valence-corrected chi connectivity index (χ0v) is 20.0. The van der Waals surface area contributed by atoms with Crippen LogP contribution in [0.2, 0.25) is 0 Å². The van der Waals surface area contributed by atoms with E-state index in [0.29, 0.717) is 11.1 Å². The van der Waals surface area contributed by atoms with Crippen LogP contribution in [-0.4, -0.2) is 82.6 Å². The van der Waals surface area contributed by atoms with Gasteiger partial charge in [0.2, 0.25) is 5.91 Å². The number of amides is 4. The molecular weight excluding hydrogens is 480 g/mol. The van der Waals surface area contributed by atoms with Crippen LogP contribution in [-0.2, 0) is 25.7 Å². The number of nitrogen functional groups attached to an aromatic ring is 1. The number of nitrogens with two attached hydrogens (primary N) is 1. The Labute approximate surface area is 212 Å². The van der Waals surface area contributed by atoms with Gasteiger partial charge in [0.05, 0.1) is 6.42 Å². The van der Waals surface area contributed by atoms with E-state index in [0.717, 1.165) is 10.5 Å². The van der Waals surface area contributed by atoms with E-state index < -0.39 is 42.1 Å². The van der Waals surface area contributed by atoms with Crippen LogP contribution in [0.4, 0.5) is 0 Å². The Morgan fingerprint density at radius 1 is 0.946 bits per heavy atom. The van der Waals surface area contributed by atoms with Crippen molar-refractivity contribution in [3.63, 3.8) is 0 Å². The zero-order chi connectivity index (χ0) is 26.9. The van der Waals surface area contributed by atoms with Crippen LogP contribution in [0.15, 0.2) is 54.6 Å². The maximum absolute atomic E-state index is 12.8. The van der Waals surface area contributed by atoms with Crippen molar-refractivity contribution in [2.45, 2.75) is 19.0 Å². The number of carboxylic acid groups (broad SMARTS) is 1. The predicted molar refractivity (Wildman–Crippen MR) is 132 cm³/mol. The molecule has 1 unspecified atom stereocenters. The summed E-state index contributed by atoms with van der Waals surface area (Å²) in [6, 6.07) is 13.8. The van der Waals surface area contributed by atoms with Gasteiger partial charge in [-0.05, 0) is 17.7 Å². The highest BCUT2D eigenvalue weighted by molar-refractivity contribution is 6.35. The van der Waals surface area contributed by atoms with Gasteiger partial charge in [0.25, 0.3) is 5.91 Å². The Kier molecular flexibility index (Phi) is 8.92. The van der Waals surface area contributed by atoms with Crippen LogP contribution in [0, 0.1) is 5.41 Å². The van der Waals surface area contributed by atoms with Crippen molar-refractivity contribution in [2.24, 2.45) is 5.73 Å². The number of hydrogen-bond donors (Lipinski definition) is 5. The second-order valence-electron chi connectivity index (χ2n) is 8.35. The van der Waals surface area contributed by atoms with E-state index in [1.807, 2.05) is 6.07 Å². The average Bonchev–Trinajstić information content (AvgIpc) is 2.89. The number of hydrogen-bond acceptors (Lipinski definition) is 6. The molecule has 194 valence electrons. The molecule has 1 aliphatic heterocycles. The molecule has 1 fully saturated rings. The summed E-state index contributed by atoms with van der Waals surface area (Å²) in [4.78, 5) is 64.2. The fourth-order valence-corrected chi connectivity index (χ4v) is 3.82. The lowest BCUT2D eigenvalue weighted by Crippen LogP contribution is -2.61. The van der Waals surface area contributed by atoms with Crippen LogP contribution >= 0.6 is 0 Å². The van der Waals surface area contributed by atoms with Crippen molar-refractivity contribution < 1.29 is 29.1 Å². The Balaban J connectivity index is 1.55. The van der Waals surface area contributed by atoms with Crippen molar-refractivity contribution >= 4 is 35.4 Å². The van der Waals surface area contributed by atoms with Gasteiger partial charge in [-0.2, -0.15) is 0 Å². The molecule has 0 spiro atoms. The first-order chi connectivity index (χ1) is 17.7. The molecule has 12 heteroatoms. The van der Waals surface area contributed by atoms with E-state index in [1.165, 1.54) is 17.0 Å². The van der Waals surface area contributed by atoms with Crippen LogP contribution in [0.1, 0.15) is 27.9 Å². The minimum Gasteiger partial charge on any atom is -0.481 e. The molecule has 2 aromatic carbocycles. The summed E-state index contributed by atoms with van der Waals surface area (Å²) in [5.74, 6) is -4.31. The highest BCUT2D eigenvalue weighted by Crippen LogP contribution is 2.13. The maximum Gasteiger partial charge on any atom is 0.312 e. The number of nitrogens with one attached hydrogen (secondary N) is 3. The molecule has 0 bridgehead atoms. The summed E-state index contributed by atoms with van der Waals surface area (Å²) in [7, 11) is 0. The number of amidine groups is 1. The van der Waals surface area contributed by atoms with E-state index in [2.05, 4.69) is 10.6 Å². The van der Waals surface area contributed by atoms with Crippen LogP contribution in [0.25, 0.3) is 0 Å². The van der Waals surface area contributed by atoms with E-state index in [-0.39, 0.29) is 38.6 Å². The maximum atomic E-state index is 12.8. The van der Waals surface area contributed by atoms with Gasteiger partial charge in [-0.15, -0.1) is 0 Å². The van der Waals surface area contributed by atoms with Crippen molar-refractivity contribution in [1.82, 2.24) is 20.4 Å². The first-order valence-electron chi connectivity index (χ1n) is 11.5. The first kappa shape index (κ1) is 26.9. The normalized spacial score (nSPS) is 14.2. The summed E-state index contributed by atoms with van der Waals surface area (Å²) in [6.07, 6.45) is -0.641. The molecule has 0 radical (unpaired) electrons. The largest absolute Gasteiger partial charge is 0.481 e. The number of carbonyl (C=O) groups excluding carboxylic acids is 4. The molecule has 0 aliphatic carbocycles. The standard InChI is InChI=1S/C25H28N6O6/c26-21(27)17-6-8-18(9-7-17)22(34)28-10-11-30-12-13-31(25(37)24(30)36)19(14-20(32)33)23(35)29-15-16-4-2-1-3-5-16/h1-9,19H,10-15H2,(H3,26,27)(H,28,34)(H,29,35)(H,32,33). The van der Waals surface area contributed by atoms with Crippen LogP contribution in [0.5, 0.6) is 0 Å². The SMILES string of the molecule is N=C(N)c1ccc(C(=O)NCCN2CCN(C(CC(=O)O)C(=O)NCc3ccccc3)C(=O)C2=O)cc1. The smallest absolute Gasteiger partial charge is 0.312 e. The van der Waals surface area contributed by atoms with Gasteiger partial charge in [0, 0.05) is 43.9 Å². The van der Waals surface area contributed by atoms with Gasteiger partial charge in [0.15, 0.2) is 0 Å². The number of rotatable bonds is 11. The van der Waals surface area contributed by atoms with Gasteiger partial charge < -0.3 is 31.3 Å². The van der Waals surface area contributed by atoms with Gasteiger partial charge in [-0.3, -0.25) is 29.4 Å². The van der Waals surface area contributed by atoms with E-state index in [1.54, 1.807) is 36.4 Å². The number of nitrogens with zero attached hydrogens (tertiary/aromatic N) is 2. The Morgan fingerprint density at radius 2 is 1.59 bits per heavy atom. The third-order valence-corrected chi connectivity index (χ3v) is 5.82. The Bertz CT molecular complexity index is 1180. The monoisotopic (exact) mass is 508 g/mol. The van der Waals surface area contributed by atoms with E-state index in [9.17, 15) is 29.1 Å². The lowest BCUT2D eigenvalue weighted by Gasteiger charge is -2.37. The average molecular weight is 509 g/mol. The van der Waals surface area contributed by atoms with Crippen molar-refractivity contribution in [3.05, 3.63) is 71.3 Å². The van der Waals surface area contributed by atoms with Gasteiger partial charge in [-0.1, -0.05) is 42.5 Å². The number of aliphatic carboxylic acids is 1. The number of piperazine rings is 1. The molecule has 0 saturated carbocycles. The summed E-state index contributed by atoms with van der Waals surface area (Å²) in [5.41, 5.74) is 7.02. The number of carbonyl (C=O) groups is 5. The molecule has 6 N–H and O–H groups in total. The lowest BCUT2D eigenvalue weighted by molar-refractivity contribution is -0.160. The second kappa shape index (κ2) is 12.3. The molecule has 1 heterocycles. The van der Waals surface area contributed by atoms with Gasteiger partial charge in [0.1, 0.15) is 11.9 Å². The third-order valence-electron chi connectivity index (χ3n) is 5.82. The molecule has 2 aromatic rings. The number of benzene rings is 2. The van der Waals surface area contributed by atoms with E-state index >= 15 is 0 Å². The third kappa shape index (κ3) is 7.13. The summed E-state index contributed by atoms with van der Waals surface area (Å²) in [6.45, 7) is 0.328. The zero-order valence-electron chi connectivity index (χ0n) is 20.0. The van der Waals surface area contributed by atoms with Gasteiger partial charge >= 0.3 is 17.8 Å². The molecule has 1 atom stereocenters. The highest BCUT2D eigenvalue weighted by atomic mass is 16.4. The minimum atomic E-state index is -1.34. The lowest BCUT2D eigenvalue weighted by atomic mass is 10.1. The topological polar surface area (TPSA) is 186 Å². The Hall–Kier alpha value is -4.74. The summed E-state index contributed by atoms with van der Waals surface area (Å²) in [5, 5.41) is 22.0. The molecule has 37 heavy (non-hydrogen) atoms. The van der Waals surface area contributed by atoms with Crippen molar-refractivity contribution in [3.8, 4) is 0 Å². The summed E-state index contributed by atoms with van der Waals surface area (Å²) >= 11 is 0. The second-order valence-corrected chi connectivity index (χ2v) is 8.35. The molecule has 3 rings (SSSR count). The van der Waals surface area contributed by atoms with E-state index in [4.69, 9.17) is 11.1 Å². The first-order valence-corrected chi connectivity index (χ1v) is 11.5. The Morgan fingerprint density at radius 3 is 2.22 bits per heavy atom. The quantitative estimate of drug-likeness (QED) is 0.154. The molecule has 0 aromatic heterocycles. The van der Waals surface area contributed by atoms with Crippen LogP contribution in [0.3, 0.4) is 0 Å². The molecule has 4 amide bonds. The predicted octanol–water partition coefficient (Wildman–Crippen LogP) is -0.469.